The first-order chi connectivity index (χ1) is 9.15. The van der Waals surface area contributed by atoms with Crippen LogP contribution in [0.25, 0.3) is 0 Å². The largest absolute Gasteiger partial charge is 0.497 e. The standard InChI is InChI=1S/C12H12N2O4S/c1-17-7-3-4-9(18-2)8(5-7)14-11-10(12(15)16)13-6-19-11/h3-6,14H,1-2H3,(H,15,16). The first-order valence-corrected chi connectivity index (χ1v) is 6.19. The number of carbonyl (C=O) groups is 1. The van der Waals surface area contributed by atoms with E-state index < -0.39 is 5.97 Å². The van der Waals surface area contributed by atoms with Crippen molar-refractivity contribution in [3.8, 4) is 11.5 Å². The van der Waals surface area contributed by atoms with Gasteiger partial charge in [-0.1, -0.05) is 0 Å². The van der Waals surface area contributed by atoms with E-state index in [0.29, 0.717) is 22.2 Å². The maximum absolute atomic E-state index is 11.0. The number of carboxylic acid groups (broad SMARTS) is 1. The number of aromatic nitrogens is 1. The van der Waals surface area contributed by atoms with Gasteiger partial charge in [0.05, 0.1) is 25.4 Å². The average molecular weight is 280 g/mol. The fourth-order valence-corrected chi connectivity index (χ4v) is 2.21. The molecule has 7 heteroatoms. The second kappa shape index (κ2) is 5.57. The molecule has 100 valence electrons. The molecule has 0 aliphatic rings. The molecule has 0 radical (unpaired) electrons. The van der Waals surface area contributed by atoms with Gasteiger partial charge in [-0.3, -0.25) is 0 Å². The molecule has 6 nitrogen and oxygen atoms in total. The van der Waals surface area contributed by atoms with E-state index in [4.69, 9.17) is 14.6 Å². The maximum Gasteiger partial charge on any atom is 0.357 e. The number of nitrogens with one attached hydrogen (secondary N) is 1. The van der Waals surface area contributed by atoms with Crippen LogP contribution in [0.5, 0.6) is 11.5 Å². The normalized spacial score (nSPS) is 10.0. The quantitative estimate of drug-likeness (QED) is 0.876. The molecule has 0 saturated heterocycles. The zero-order chi connectivity index (χ0) is 13.8. The molecule has 1 aromatic carbocycles. The molecule has 0 atom stereocenters. The smallest absolute Gasteiger partial charge is 0.357 e. The molecule has 0 fully saturated rings. The predicted molar refractivity (Wildman–Crippen MR) is 71.9 cm³/mol. The highest BCUT2D eigenvalue weighted by molar-refractivity contribution is 7.14. The molecule has 2 rings (SSSR count). The maximum atomic E-state index is 11.0. The lowest BCUT2D eigenvalue weighted by atomic mass is 10.2. The van der Waals surface area contributed by atoms with Crippen molar-refractivity contribution in [3.05, 3.63) is 29.4 Å². The van der Waals surface area contributed by atoms with Crippen molar-refractivity contribution in [2.75, 3.05) is 19.5 Å². The van der Waals surface area contributed by atoms with Crippen LogP contribution in [0.3, 0.4) is 0 Å². The number of hydrogen-bond donors (Lipinski definition) is 2. The second-order valence-electron chi connectivity index (χ2n) is 3.53. The average Bonchev–Trinajstić information content (AvgIpc) is 2.87. The van der Waals surface area contributed by atoms with Gasteiger partial charge in [-0.05, 0) is 12.1 Å². The van der Waals surface area contributed by atoms with Gasteiger partial charge in [0.25, 0.3) is 0 Å². The molecule has 0 unspecified atom stereocenters. The van der Waals surface area contributed by atoms with Crippen molar-refractivity contribution in [1.29, 1.82) is 0 Å². The minimum absolute atomic E-state index is 0.0186. The minimum atomic E-state index is -1.08. The van der Waals surface area contributed by atoms with Gasteiger partial charge in [0.1, 0.15) is 16.5 Å². The van der Waals surface area contributed by atoms with Gasteiger partial charge < -0.3 is 19.9 Å². The molecule has 0 bridgehead atoms. The molecule has 0 aliphatic carbocycles. The van der Waals surface area contributed by atoms with Crippen LogP contribution in [0, 0.1) is 0 Å². The van der Waals surface area contributed by atoms with E-state index in [9.17, 15) is 4.79 Å². The summed E-state index contributed by atoms with van der Waals surface area (Å²) in [5, 5.41) is 12.4. The molecule has 19 heavy (non-hydrogen) atoms. The molecular weight excluding hydrogens is 268 g/mol. The molecule has 0 aliphatic heterocycles. The number of hydrogen-bond acceptors (Lipinski definition) is 6. The summed E-state index contributed by atoms with van der Waals surface area (Å²) in [4.78, 5) is 14.8. The molecule has 1 aromatic heterocycles. The predicted octanol–water partition coefficient (Wildman–Crippen LogP) is 2.60. The van der Waals surface area contributed by atoms with Gasteiger partial charge in [0, 0.05) is 6.07 Å². The van der Waals surface area contributed by atoms with Crippen molar-refractivity contribution in [1.82, 2.24) is 4.98 Å². The zero-order valence-corrected chi connectivity index (χ0v) is 11.2. The topological polar surface area (TPSA) is 80.7 Å². The monoisotopic (exact) mass is 280 g/mol. The van der Waals surface area contributed by atoms with E-state index in [-0.39, 0.29) is 5.69 Å². The fourth-order valence-electron chi connectivity index (χ4n) is 1.52. The summed E-state index contributed by atoms with van der Waals surface area (Å²) in [5.74, 6) is 0.154. The summed E-state index contributed by atoms with van der Waals surface area (Å²) in [6.45, 7) is 0. The minimum Gasteiger partial charge on any atom is -0.497 e. The van der Waals surface area contributed by atoms with E-state index in [2.05, 4.69) is 10.3 Å². The van der Waals surface area contributed by atoms with Crippen LogP contribution in [-0.4, -0.2) is 30.3 Å². The Labute approximate surface area is 113 Å². The van der Waals surface area contributed by atoms with Crippen molar-refractivity contribution < 1.29 is 19.4 Å². The lowest BCUT2D eigenvalue weighted by Crippen LogP contribution is -2.02. The number of anilines is 2. The Kier molecular flexibility index (Phi) is 3.86. The highest BCUT2D eigenvalue weighted by Crippen LogP contribution is 2.33. The van der Waals surface area contributed by atoms with Gasteiger partial charge in [0.2, 0.25) is 0 Å². The number of benzene rings is 1. The molecule has 2 aromatic rings. The summed E-state index contributed by atoms with van der Waals surface area (Å²) >= 11 is 1.21. The third-order valence-corrected chi connectivity index (χ3v) is 3.17. The number of ether oxygens (including phenoxy) is 2. The van der Waals surface area contributed by atoms with E-state index in [0.717, 1.165) is 0 Å². The number of methoxy groups -OCH3 is 2. The van der Waals surface area contributed by atoms with Gasteiger partial charge in [-0.25, -0.2) is 9.78 Å². The van der Waals surface area contributed by atoms with Gasteiger partial charge in [-0.2, -0.15) is 0 Å². The van der Waals surface area contributed by atoms with Gasteiger partial charge >= 0.3 is 5.97 Å². The van der Waals surface area contributed by atoms with Crippen LogP contribution in [0.15, 0.2) is 23.7 Å². The highest BCUT2D eigenvalue weighted by Gasteiger charge is 2.15. The molecule has 1 heterocycles. The lowest BCUT2D eigenvalue weighted by molar-refractivity contribution is 0.0692. The van der Waals surface area contributed by atoms with Crippen LogP contribution in [0.1, 0.15) is 10.5 Å². The molecule has 0 saturated carbocycles. The van der Waals surface area contributed by atoms with Crippen molar-refractivity contribution in [3.63, 3.8) is 0 Å². The zero-order valence-electron chi connectivity index (χ0n) is 10.3. The second-order valence-corrected chi connectivity index (χ2v) is 4.38. The SMILES string of the molecule is COc1ccc(OC)c(Nc2scnc2C(=O)O)c1. The Bertz CT molecular complexity index is 597. The summed E-state index contributed by atoms with van der Waals surface area (Å²) in [7, 11) is 3.10. The third-order valence-electron chi connectivity index (χ3n) is 2.42. The first kappa shape index (κ1) is 13.2. The van der Waals surface area contributed by atoms with Crippen LogP contribution < -0.4 is 14.8 Å². The highest BCUT2D eigenvalue weighted by atomic mass is 32.1. The number of nitrogens with zero attached hydrogens (tertiary/aromatic N) is 1. The van der Waals surface area contributed by atoms with Crippen LogP contribution in [0.2, 0.25) is 0 Å². The first-order valence-electron chi connectivity index (χ1n) is 5.31. The van der Waals surface area contributed by atoms with Crippen molar-refractivity contribution >= 4 is 28.0 Å². The Morgan fingerprint density at radius 3 is 2.79 bits per heavy atom. The molecule has 0 amide bonds. The van der Waals surface area contributed by atoms with Crippen molar-refractivity contribution in [2.24, 2.45) is 0 Å². The number of rotatable bonds is 5. The Morgan fingerprint density at radius 1 is 1.37 bits per heavy atom. The molecule has 0 spiro atoms. The molecule has 2 N–H and O–H groups in total. The number of thiazole rings is 1. The number of carboxylic acids is 1. The Morgan fingerprint density at radius 2 is 2.16 bits per heavy atom. The van der Waals surface area contributed by atoms with Crippen LogP contribution in [0.4, 0.5) is 10.7 Å². The van der Waals surface area contributed by atoms with E-state index in [1.165, 1.54) is 24.0 Å². The van der Waals surface area contributed by atoms with E-state index in [1.807, 2.05) is 0 Å². The molecular formula is C12H12N2O4S. The number of aromatic carboxylic acids is 1. The van der Waals surface area contributed by atoms with Crippen LogP contribution in [-0.2, 0) is 0 Å². The lowest BCUT2D eigenvalue weighted by Gasteiger charge is -2.11. The Hall–Kier alpha value is -2.28. The fraction of sp³-hybridized carbons (Fsp3) is 0.167. The van der Waals surface area contributed by atoms with Crippen molar-refractivity contribution in [2.45, 2.75) is 0 Å². The van der Waals surface area contributed by atoms with Gasteiger partial charge in [0.15, 0.2) is 5.69 Å². The van der Waals surface area contributed by atoms with E-state index >= 15 is 0 Å². The Balaban J connectivity index is 2.36. The van der Waals surface area contributed by atoms with Gasteiger partial charge in [-0.15, -0.1) is 11.3 Å². The summed E-state index contributed by atoms with van der Waals surface area (Å²) in [5.41, 5.74) is 2.07. The summed E-state index contributed by atoms with van der Waals surface area (Å²) in [6.07, 6.45) is 0. The van der Waals surface area contributed by atoms with Crippen LogP contribution >= 0.6 is 11.3 Å². The third kappa shape index (κ3) is 2.76. The summed E-state index contributed by atoms with van der Waals surface area (Å²) < 4.78 is 10.3. The van der Waals surface area contributed by atoms with E-state index in [1.54, 1.807) is 25.3 Å². The summed E-state index contributed by atoms with van der Waals surface area (Å²) in [6, 6.07) is 5.22.